The summed E-state index contributed by atoms with van der Waals surface area (Å²) in [5.74, 6) is 0.766. The molecule has 172 valence electrons. The predicted molar refractivity (Wildman–Crippen MR) is 133 cm³/mol. The second-order valence-corrected chi connectivity index (χ2v) is 11.5. The van der Waals surface area contributed by atoms with Crippen LogP contribution in [0.5, 0.6) is 5.75 Å². The number of esters is 1. The molecule has 1 aromatic carbocycles. The summed E-state index contributed by atoms with van der Waals surface area (Å²) < 4.78 is 5.45. The first-order valence-corrected chi connectivity index (χ1v) is 13.1. The van der Waals surface area contributed by atoms with Gasteiger partial charge >= 0.3 is 5.97 Å². The number of fused-ring (bicyclic) bond motifs is 3. The van der Waals surface area contributed by atoms with Crippen molar-refractivity contribution in [2.75, 3.05) is 5.32 Å². The Hall–Kier alpha value is -2.64. The highest BCUT2D eigenvalue weighted by Crippen LogP contribution is 2.47. The third-order valence-corrected chi connectivity index (χ3v) is 9.24. The van der Waals surface area contributed by atoms with Gasteiger partial charge in [-0.3, -0.25) is 4.79 Å². The first-order valence-electron chi connectivity index (χ1n) is 11.4. The number of anilines is 1. The average molecular weight is 481 g/mol. The molecule has 2 N–H and O–H groups in total. The van der Waals surface area contributed by atoms with Crippen LogP contribution in [-0.4, -0.2) is 11.9 Å². The maximum Gasteiger partial charge on any atom is 0.353 e. The summed E-state index contributed by atoms with van der Waals surface area (Å²) in [5, 5.41) is 9.46. The first-order chi connectivity index (χ1) is 15.9. The molecule has 0 spiro atoms. The summed E-state index contributed by atoms with van der Waals surface area (Å²) in [7, 11) is 0. The van der Waals surface area contributed by atoms with E-state index in [0.717, 1.165) is 41.8 Å². The zero-order valence-corrected chi connectivity index (χ0v) is 20.7. The van der Waals surface area contributed by atoms with Crippen LogP contribution in [0.25, 0.3) is 0 Å². The zero-order chi connectivity index (χ0) is 23.2. The number of hydrogen-bond acceptors (Lipinski definition) is 6. The summed E-state index contributed by atoms with van der Waals surface area (Å²) in [4.78, 5) is 27.2. The molecule has 0 unspecified atom stereocenters. The molecule has 2 aromatic heterocycles. The molecule has 3 heterocycles. The topological polar surface area (TPSA) is 67.4 Å². The van der Waals surface area contributed by atoms with E-state index in [2.05, 4.69) is 31.4 Å². The van der Waals surface area contributed by atoms with Crippen LogP contribution in [0.2, 0.25) is 0 Å². The van der Waals surface area contributed by atoms with Gasteiger partial charge in [-0.25, -0.2) is 4.79 Å². The van der Waals surface area contributed by atoms with Gasteiger partial charge in [-0.05, 0) is 65.3 Å². The molecule has 3 aromatic rings. The van der Waals surface area contributed by atoms with Gasteiger partial charge in [0.2, 0.25) is 0 Å². The third-order valence-electron chi connectivity index (χ3n) is 7.21. The van der Waals surface area contributed by atoms with Crippen molar-refractivity contribution in [3.8, 4) is 5.75 Å². The molecular formula is C26H28N2O3S2. The van der Waals surface area contributed by atoms with Gasteiger partial charge in [0.15, 0.2) is 0 Å². The highest BCUT2D eigenvalue weighted by Gasteiger charge is 2.37. The van der Waals surface area contributed by atoms with Crippen molar-refractivity contribution in [1.29, 1.82) is 0 Å². The molecule has 1 aliphatic carbocycles. The lowest BCUT2D eigenvalue weighted by molar-refractivity contribution is 0.0739. The van der Waals surface area contributed by atoms with Crippen molar-refractivity contribution < 1.29 is 14.3 Å². The summed E-state index contributed by atoms with van der Waals surface area (Å²) in [5.41, 5.74) is 3.30. The van der Waals surface area contributed by atoms with Crippen LogP contribution in [-0.2, 0) is 12.8 Å². The number of hydrogen-bond donors (Lipinski definition) is 2. The molecule has 0 radical (unpaired) electrons. The number of benzene rings is 1. The largest absolute Gasteiger partial charge is 0.422 e. The second kappa shape index (κ2) is 8.61. The molecular weight excluding hydrogens is 452 g/mol. The average Bonchev–Trinajstić information content (AvgIpc) is 3.47. The quantitative estimate of drug-likeness (QED) is 0.326. The zero-order valence-electron chi connectivity index (χ0n) is 19.1. The van der Waals surface area contributed by atoms with Crippen LogP contribution in [0, 0.1) is 11.3 Å². The Labute approximate surface area is 202 Å². The molecule has 7 heteroatoms. The Morgan fingerprint density at radius 3 is 2.67 bits per heavy atom. The number of carbonyl (C=O) groups is 2. The van der Waals surface area contributed by atoms with Crippen LogP contribution in [0.1, 0.15) is 75.8 Å². The highest BCUT2D eigenvalue weighted by molar-refractivity contribution is 7.16. The fraction of sp³-hybridized carbons (Fsp3) is 0.385. The first kappa shape index (κ1) is 22.2. The molecule has 2 aliphatic rings. The van der Waals surface area contributed by atoms with Crippen LogP contribution < -0.4 is 15.4 Å². The van der Waals surface area contributed by atoms with Gasteiger partial charge in [0.25, 0.3) is 5.91 Å². The van der Waals surface area contributed by atoms with Gasteiger partial charge in [-0.2, -0.15) is 0 Å². The smallest absolute Gasteiger partial charge is 0.353 e. The third kappa shape index (κ3) is 4.20. The van der Waals surface area contributed by atoms with Crippen molar-refractivity contribution in [3.63, 3.8) is 0 Å². The van der Waals surface area contributed by atoms with Gasteiger partial charge in [0.1, 0.15) is 21.8 Å². The molecule has 5 rings (SSSR count). The van der Waals surface area contributed by atoms with Crippen LogP contribution in [0.15, 0.2) is 41.8 Å². The lowest BCUT2D eigenvalue weighted by Crippen LogP contribution is -2.38. The Balaban J connectivity index is 1.32. The van der Waals surface area contributed by atoms with Crippen LogP contribution >= 0.6 is 22.7 Å². The van der Waals surface area contributed by atoms with E-state index >= 15 is 0 Å². The summed E-state index contributed by atoms with van der Waals surface area (Å²) in [6.07, 6.45) is 4.02. The molecule has 1 amide bonds. The number of amides is 1. The summed E-state index contributed by atoms with van der Waals surface area (Å²) in [6.45, 7) is 6.99. The SMILES string of the molecule is CCC(C)(C)[C@@H]1CCc2c(sc3c2C(=O)N[C@H](c2ccc(OC(=O)c4cccs4)cc2)N3)C1. The Bertz CT molecular complexity index is 1180. The second-order valence-electron chi connectivity index (χ2n) is 9.48. The van der Waals surface area contributed by atoms with Gasteiger partial charge in [0, 0.05) is 4.88 Å². The monoisotopic (exact) mass is 480 g/mol. The molecule has 2 atom stereocenters. The number of nitrogens with one attached hydrogen (secondary N) is 2. The van der Waals surface area contributed by atoms with E-state index in [-0.39, 0.29) is 18.0 Å². The van der Waals surface area contributed by atoms with Crippen molar-refractivity contribution in [2.24, 2.45) is 11.3 Å². The molecule has 1 aliphatic heterocycles. The van der Waals surface area contributed by atoms with E-state index in [1.54, 1.807) is 29.5 Å². The normalized spacial score (nSPS) is 19.8. The molecule has 5 nitrogen and oxygen atoms in total. The van der Waals surface area contributed by atoms with Crippen LogP contribution in [0.3, 0.4) is 0 Å². The van der Waals surface area contributed by atoms with E-state index in [0.29, 0.717) is 22.0 Å². The highest BCUT2D eigenvalue weighted by atomic mass is 32.1. The Morgan fingerprint density at radius 1 is 1.18 bits per heavy atom. The minimum absolute atomic E-state index is 0.00680. The van der Waals surface area contributed by atoms with Gasteiger partial charge < -0.3 is 15.4 Å². The van der Waals surface area contributed by atoms with Crippen LogP contribution in [0.4, 0.5) is 5.00 Å². The van der Waals surface area contributed by atoms with Crippen molar-refractivity contribution >= 4 is 39.6 Å². The van der Waals surface area contributed by atoms with E-state index < -0.39 is 0 Å². The van der Waals surface area contributed by atoms with Crippen molar-refractivity contribution in [2.45, 2.75) is 52.6 Å². The van der Waals surface area contributed by atoms with E-state index in [1.807, 2.05) is 23.6 Å². The van der Waals surface area contributed by atoms with Gasteiger partial charge in [-0.1, -0.05) is 45.4 Å². The van der Waals surface area contributed by atoms with E-state index in [9.17, 15) is 9.59 Å². The minimum atomic E-state index is -0.361. The lowest BCUT2D eigenvalue weighted by atomic mass is 9.69. The van der Waals surface area contributed by atoms with E-state index in [4.69, 9.17) is 4.74 Å². The van der Waals surface area contributed by atoms with E-state index in [1.165, 1.54) is 21.8 Å². The molecule has 0 saturated heterocycles. The summed E-state index contributed by atoms with van der Waals surface area (Å²) in [6, 6.07) is 10.9. The maximum atomic E-state index is 13.1. The Morgan fingerprint density at radius 2 is 1.97 bits per heavy atom. The molecule has 0 saturated carbocycles. The summed E-state index contributed by atoms with van der Waals surface area (Å²) >= 11 is 3.09. The number of carbonyl (C=O) groups excluding carboxylic acids is 2. The fourth-order valence-electron chi connectivity index (χ4n) is 4.70. The number of rotatable bonds is 5. The van der Waals surface area contributed by atoms with Gasteiger partial charge in [0.05, 0.1) is 5.56 Å². The standard InChI is InChI=1S/C26H28N2O3S2/c1-4-26(2,3)16-9-12-18-20(14-16)33-24-21(18)23(29)27-22(28-24)15-7-10-17(11-8-15)31-25(30)19-6-5-13-32-19/h5-8,10-11,13,16,22,28H,4,9,12,14H2,1-3H3,(H,27,29)/t16-,22+/m1/s1. The predicted octanol–water partition coefficient (Wildman–Crippen LogP) is 6.42. The number of ether oxygens (including phenoxy) is 1. The van der Waals surface area contributed by atoms with Gasteiger partial charge in [-0.15, -0.1) is 22.7 Å². The Kier molecular flexibility index (Phi) is 5.79. The fourth-order valence-corrected chi connectivity index (χ4v) is 6.65. The minimum Gasteiger partial charge on any atom is -0.422 e. The molecule has 33 heavy (non-hydrogen) atoms. The van der Waals surface area contributed by atoms with Crippen molar-refractivity contribution in [3.05, 3.63) is 68.2 Å². The molecule has 0 fully saturated rings. The molecule has 0 bridgehead atoms. The van der Waals surface area contributed by atoms with Crippen molar-refractivity contribution in [1.82, 2.24) is 5.32 Å². The number of thiophene rings is 2. The lowest BCUT2D eigenvalue weighted by Gasteiger charge is -2.36. The maximum absolute atomic E-state index is 13.1.